The number of phenolic OH excluding ortho intramolecular Hbond substituents is 1. The lowest BCUT2D eigenvalue weighted by atomic mass is 10.1. The van der Waals surface area contributed by atoms with Crippen molar-refractivity contribution in [3.05, 3.63) is 47.9 Å². The van der Waals surface area contributed by atoms with Crippen LogP contribution < -0.4 is 16.0 Å². The highest BCUT2D eigenvalue weighted by molar-refractivity contribution is 6.06. The van der Waals surface area contributed by atoms with Crippen LogP contribution in [0, 0.1) is 6.92 Å². The number of carbonyl (C=O) groups excluding carboxylic acids is 1. The summed E-state index contributed by atoms with van der Waals surface area (Å²) in [5.41, 5.74) is 2.06. The SMILES string of the molecule is CCn1cc(NC(=O)c2cc(Nc3nc(C)cc(NC)n3)ccc2O)cn1. The standard InChI is InChI=1S/C18H21N7O2/c1-4-25-10-13(9-20-25)22-17(27)14-8-12(5-6-15(14)26)23-18-21-11(2)7-16(19-3)24-18/h5-10,26H,4H2,1-3H3,(H,22,27)(H2,19,21,23,24). The number of aryl methyl sites for hydroxylation is 2. The molecular formula is C18H21N7O2. The molecule has 3 aromatic rings. The maximum Gasteiger partial charge on any atom is 0.259 e. The molecule has 3 rings (SSSR count). The number of nitrogens with one attached hydrogen (secondary N) is 3. The number of phenols is 1. The van der Waals surface area contributed by atoms with E-state index in [0.29, 0.717) is 29.7 Å². The molecule has 9 nitrogen and oxygen atoms in total. The fourth-order valence-corrected chi connectivity index (χ4v) is 2.48. The number of hydrogen-bond acceptors (Lipinski definition) is 7. The molecule has 0 aliphatic heterocycles. The fourth-order valence-electron chi connectivity index (χ4n) is 2.48. The molecule has 1 amide bonds. The van der Waals surface area contributed by atoms with Gasteiger partial charge in [-0.05, 0) is 32.0 Å². The van der Waals surface area contributed by atoms with Crippen molar-refractivity contribution < 1.29 is 9.90 Å². The Morgan fingerprint density at radius 1 is 1.22 bits per heavy atom. The minimum absolute atomic E-state index is 0.123. The Hall–Kier alpha value is -3.62. The summed E-state index contributed by atoms with van der Waals surface area (Å²) in [7, 11) is 1.77. The van der Waals surface area contributed by atoms with Crippen molar-refractivity contribution in [2.45, 2.75) is 20.4 Å². The highest BCUT2D eigenvalue weighted by Crippen LogP contribution is 2.24. The van der Waals surface area contributed by atoms with Crippen molar-refractivity contribution in [1.82, 2.24) is 19.7 Å². The topological polar surface area (TPSA) is 117 Å². The van der Waals surface area contributed by atoms with Gasteiger partial charge >= 0.3 is 0 Å². The molecule has 2 heterocycles. The average Bonchev–Trinajstić information content (AvgIpc) is 3.10. The number of amides is 1. The van der Waals surface area contributed by atoms with E-state index in [4.69, 9.17) is 0 Å². The van der Waals surface area contributed by atoms with Gasteiger partial charge in [-0.3, -0.25) is 9.48 Å². The number of aromatic nitrogens is 4. The van der Waals surface area contributed by atoms with Gasteiger partial charge in [-0.1, -0.05) is 0 Å². The molecule has 0 saturated carbocycles. The van der Waals surface area contributed by atoms with E-state index in [9.17, 15) is 9.90 Å². The van der Waals surface area contributed by atoms with Crippen LogP contribution in [-0.2, 0) is 6.54 Å². The smallest absolute Gasteiger partial charge is 0.259 e. The first-order valence-corrected chi connectivity index (χ1v) is 8.45. The Morgan fingerprint density at radius 3 is 2.74 bits per heavy atom. The third-order valence-corrected chi connectivity index (χ3v) is 3.82. The quantitative estimate of drug-likeness (QED) is 0.495. The van der Waals surface area contributed by atoms with Crippen LogP contribution >= 0.6 is 0 Å². The Balaban J connectivity index is 1.81. The predicted octanol–water partition coefficient (Wildman–Crippen LogP) is 2.74. The van der Waals surface area contributed by atoms with E-state index in [1.165, 1.54) is 6.07 Å². The van der Waals surface area contributed by atoms with Gasteiger partial charge in [-0.2, -0.15) is 10.1 Å². The maximum absolute atomic E-state index is 12.5. The number of nitrogens with zero attached hydrogens (tertiary/aromatic N) is 4. The summed E-state index contributed by atoms with van der Waals surface area (Å²) in [5.74, 6) is 0.505. The number of anilines is 4. The Bertz CT molecular complexity index is 968. The molecule has 1 aromatic carbocycles. The first-order valence-electron chi connectivity index (χ1n) is 8.45. The first kappa shape index (κ1) is 18.2. The Labute approximate surface area is 156 Å². The molecule has 0 spiro atoms. The average molecular weight is 367 g/mol. The van der Waals surface area contributed by atoms with E-state index in [1.807, 2.05) is 19.9 Å². The van der Waals surface area contributed by atoms with Crippen LogP contribution in [-0.4, -0.2) is 37.8 Å². The molecule has 0 aliphatic carbocycles. The zero-order valence-electron chi connectivity index (χ0n) is 15.3. The second kappa shape index (κ2) is 7.73. The minimum atomic E-state index is -0.437. The molecule has 9 heteroatoms. The zero-order valence-corrected chi connectivity index (χ0v) is 15.3. The van der Waals surface area contributed by atoms with E-state index < -0.39 is 5.91 Å². The van der Waals surface area contributed by atoms with E-state index in [0.717, 1.165) is 5.69 Å². The van der Waals surface area contributed by atoms with Gasteiger partial charge < -0.3 is 21.1 Å². The van der Waals surface area contributed by atoms with Crippen molar-refractivity contribution >= 4 is 29.0 Å². The lowest BCUT2D eigenvalue weighted by Gasteiger charge is -2.10. The zero-order chi connectivity index (χ0) is 19.4. The molecule has 0 aliphatic rings. The molecule has 0 atom stereocenters. The van der Waals surface area contributed by atoms with E-state index >= 15 is 0 Å². The summed E-state index contributed by atoms with van der Waals surface area (Å²) >= 11 is 0. The van der Waals surface area contributed by atoms with Crippen LogP contribution in [0.1, 0.15) is 23.0 Å². The van der Waals surface area contributed by atoms with Crippen LogP contribution in [0.2, 0.25) is 0 Å². The predicted molar refractivity (Wildman–Crippen MR) is 104 cm³/mol. The van der Waals surface area contributed by atoms with Gasteiger partial charge in [0.2, 0.25) is 5.95 Å². The van der Waals surface area contributed by atoms with Crippen molar-refractivity contribution in [2.24, 2.45) is 0 Å². The highest BCUT2D eigenvalue weighted by Gasteiger charge is 2.14. The van der Waals surface area contributed by atoms with E-state index in [-0.39, 0.29) is 11.3 Å². The van der Waals surface area contributed by atoms with E-state index in [1.54, 1.807) is 36.3 Å². The van der Waals surface area contributed by atoms with Crippen LogP contribution in [0.4, 0.5) is 23.1 Å². The monoisotopic (exact) mass is 367 g/mol. The third kappa shape index (κ3) is 4.32. The summed E-state index contributed by atoms with van der Waals surface area (Å²) in [4.78, 5) is 21.1. The highest BCUT2D eigenvalue weighted by atomic mass is 16.3. The normalized spacial score (nSPS) is 10.5. The number of hydrogen-bond donors (Lipinski definition) is 4. The molecule has 4 N–H and O–H groups in total. The largest absolute Gasteiger partial charge is 0.507 e. The van der Waals surface area contributed by atoms with Crippen LogP contribution in [0.25, 0.3) is 0 Å². The lowest BCUT2D eigenvalue weighted by molar-refractivity contribution is 0.102. The van der Waals surface area contributed by atoms with Crippen molar-refractivity contribution in [3.8, 4) is 5.75 Å². The molecular weight excluding hydrogens is 346 g/mol. The molecule has 2 aromatic heterocycles. The number of aromatic hydroxyl groups is 1. The Kier molecular flexibility index (Phi) is 5.20. The van der Waals surface area contributed by atoms with Gasteiger partial charge in [0.1, 0.15) is 11.6 Å². The molecule has 0 saturated heterocycles. The van der Waals surface area contributed by atoms with Gasteiger partial charge in [0.25, 0.3) is 5.91 Å². The van der Waals surface area contributed by atoms with Crippen LogP contribution in [0.3, 0.4) is 0 Å². The van der Waals surface area contributed by atoms with Crippen molar-refractivity contribution in [3.63, 3.8) is 0 Å². The minimum Gasteiger partial charge on any atom is -0.507 e. The number of benzene rings is 1. The Morgan fingerprint density at radius 2 is 2.04 bits per heavy atom. The van der Waals surface area contributed by atoms with Gasteiger partial charge in [-0.15, -0.1) is 0 Å². The summed E-state index contributed by atoms with van der Waals surface area (Å²) in [6.45, 7) is 4.51. The van der Waals surface area contributed by atoms with Gasteiger partial charge in [0.15, 0.2) is 0 Å². The first-order chi connectivity index (χ1) is 13.0. The third-order valence-electron chi connectivity index (χ3n) is 3.82. The van der Waals surface area contributed by atoms with Crippen molar-refractivity contribution in [1.29, 1.82) is 0 Å². The second-order valence-corrected chi connectivity index (χ2v) is 5.86. The molecule has 27 heavy (non-hydrogen) atoms. The lowest BCUT2D eigenvalue weighted by Crippen LogP contribution is -2.12. The molecule has 0 bridgehead atoms. The number of rotatable bonds is 6. The van der Waals surface area contributed by atoms with Crippen LogP contribution in [0.15, 0.2) is 36.7 Å². The molecule has 0 fully saturated rings. The summed E-state index contributed by atoms with van der Waals surface area (Å²) in [5, 5.41) is 22.9. The van der Waals surface area contributed by atoms with Crippen LogP contribution in [0.5, 0.6) is 5.75 Å². The summed E-state index contributed by atoms with van der Waals surface area (Å²) in [6, 6.07) is 6.45. The second-order valence-electron chi connectivity index (χ2n) is 5.86. The summed E-state index contributed by atoms with van der Waals surface area (Å²) < 4.78 is 1.70. The van der Waals surface area contributed by atoms with E-state index in [2.05, 4.69) is 31.0 Å². The molecule has 0 radical (unpaired) electrons. The van der Waals surface area contributed by atoms with Gasteiger partial charge in [0.05, 0.1) is 17.4 Å². The van der Waals surface area contributed by atoms with Gasteiger partial charge in [-0.25, -0.2) is 4.98 Å². The number of carbonyl (C=O) groups is 1. The van der Waals surface area contributed by atoms with Crippen molar-refractivity contribution in [2.75, 3.05) is 23.0 Å². The molecule has 0 unspecified atom stereocenters. The maximum atomic E-state index is 12.5. The van der Waals surface area contributed by atoms with Gasteiger partial charge in [0, 0.05) is 37.2 Å². The molecule has 140 valence electrons. The fraction of sp³-hybridized carbons (Fsp3) is 0.222. The summed E-state index contributed by atoms with van der Waals surface area (Å²) in [6.07, 6.45) is 3.28.